The third-order valence-corrected chi connectivity index (χ3v) is 2.51. The topological polar surface area (TPSA) is 37.3 Å². The molecule has 17 heavy (non-hydrogen) atoms. The molecule has 0 aliphatic heterocycles. The maximum absolute atomic E-state index is 11.3. The van der Waals surface area contributed by atoms with Crippen LogP contribution in [0.1, 0.15) is 19.9 Å². The average molecular weight is 239 g/mol. The molecule has 84 valence electrons. The molecule has 0 heterocycles. The minimum absolute atomic E-state index is 0. The summed E-state index contributed by atoms with van der Waals surface area (Å²) in [4.78, 5) is 11.3. The van der Waals surface area contributed by atoms with Gasteiger partial charge in [-0.05, 0) is 11.1 Å². The van der Waals surface area contributed by atoms with Crippen LogP contribution in [0.5, 0.6) is 0 Å². The maximum Gasteiger partial charge on any atom is 2.00 e. The van der Waals surface area contributed by atoms with E-state index in [4.69, 9.17) is 0 Å². The van der Waals surface area contributed by atoms with Gasteiger partial charge in [-0.1, -0.05) is 60.7 Å². The standard InChI is InChI=1S/C14H12O2.Mg.2H/c15-14(16)13(11-7-3-1-4-8-11)12-9-5-2-6-10-12;;;/h1-10,13H,(H,15,16);;;/q;+2;2*-1. The molecule has 1 N–H and O–H groups in total. The van der Waals surface area contributed by atoms with Crippen molar-refractivity contribution in [2.75, 3.05) is 0 Å². The molecule has 0 radical (unpaired) electrons. The Kier molecular flexibility index (Phi) is 5.19. The van der Waals surface area contributed by atoms with E-state index in [0.717, 1.165) is 11.1 Å². The molecule has 3 heteroatoms. The quantitative estimate of drug-likeness (QED) is 0.835. The number of rotatable bonds is 3. The van der Waals surface area contributed by atoms with Crippen LogP contribution in [-0.4, -0.2) is 34.1 Å². The molecule has 0 saturated heterocycles. The maximum atomic E-state index is 11.3. The summed E-state index contributed by atoms with van der Waals surface area (Å²) in [7, 11) is 0. The Morgan fingerprint density at radius 1 is 0.882 bits per heavy atom. The number of carboxylic acid groups (broad SMARTS) is 1. The molecule has 2 aromatic carbocycles. The Morgan fingerprint density at radius 2 is 1.24 bits per heavy atom. The summed E-state index contributed by atoms with van der Waals surface area (Å²) in [5, 5.41) is 9.28. The fraction of sp³-hybridized carbons (Fsp3) is 0.0714. The van der Waals surface area contributed by atoms with Crippen molar-refractivity contribution in [2.45, 2.75) is 5.92 Å². The molecule has 0 aromatic heterocycles. The van der Waals surface area contributed by atoms with Crippen molar-refractivity contribution in [3.8, 4) is 0 Å². The van der Waals surface area contributed by atoms with Gasteiger partial charge in [-0.25, -0.2) is 0 Å². The van der Waals surface area contributed by atoms with Crippen LogP contribution in [0.4, 0.5) is 0 Å². The van der Waals surface area contributed by atoms with Crippen LogP contribution in [0, 0.1) is 0 Å². The van der Waals surface area contributed by atoms with E-state index in [9.17, 15) is 9.90 Å². The molecule has 0 atom stereocenters. The van der Waals surface area contributed by atoms with E-state index in [-0.39, 0.29) is 25.9 Å². The van der Waals surface area contributed by atoms with E-state index >= 15 is 0 Å². The Hall–Kier alpha value is -1.32. The van der Waals surface area contributed by atoms with Gasteiger partial charge in [-0.15, -0.1) is 0 Å². The molecule has 0 aliphatic rings. The zero-order valence-corrected chi connectivity index (χ0v) is 10.8. The van der Waals surface area contributed by atoms with Crippen LogP contribution in [-0.2, 0) is 4.79 Å². The molecule has 0 fully saturated rings. The second kappa shape index (κ2) is 6.42. The molecule has 0 spiro atoms. The second-order valence-electron chi connectivity index (χ2n) is 3.59. The number of hydrogen-bond donors (Lipinski definition) is 1. The van der Waals surface area contributed by atoms with Crippen LogP contribution >= 0.6 is 0 Å². The predicted octanol–water partition coefficient (Wildman–Crippen LogP) is 2.75. The zero-order chi connectivity index (χ0) is 11.4. The van der Waals surface area contributed by atoms with Crippen LogP contribution in [0.25, 0.3) is 0 Å². The smallest absolute Gasteiger partial charge is 1.00 e. The van der Waals surface area contributed by atoms with Gasteiger partial charge in [0, 0.05) is 0 Å². The van der Waals surface area contributed by atoms with Gasteiger partial charge in [-0.2, -0.15) is 0 Å². The second-order valence-corrected chi connectivity index (χ2v) is 3.59. The summed E-state index contributed by atoms with van der Waals surface area (Å²) in [6, 6.07) is 18.5. The van der Waals surface area contributed by atoms with E-state index in [1.807, 2.05) is 60.7 Å². The molecule has 0 aliphatic carbocycles. The SMILES string of the molecule is O=C(O)C(c1ccccc1)c1ccccc1.[H-].[H-].[Mg+2]. The van der Waals surface area contributed by atoms with Crippen molar-refractivity contribution in [3.63, 3.8) is 0 Å². The summed E-state index contributed by atoms with van der Waals surface area (Å²) >= 11 is 0. The molecule has 0 amide bonds. The fourth-order valence-electron chi connectivity index (χ4n) is 1.77. The van der Waals surface area contributed by atoms with Crippen molar-refractivity contribution in [1.29, 1.82) is 0 Å². The van der Waals surface area contributed by atoms with E-state index < -0.39 is 11.9 Å². The Labute approximate surface area is 119 Å². The monoisotopic (exact) mass is 238 g/mol. The summed E-state index contributed by atoms with van der Waals surface area (Å²) < 4.78 is 0. The molecular weight excluding hydrogens is 224 g/mol. The Bertz CT molecular complexity index is 438. The first-order chi connectivity index (χ1) is 7.79. The number of hydrogen-bond acceptors (Lipinski definition) is 1. The first kappa shape index (κ1) is 13.7. The van der Waals surface area contributed by atoms with Gasteiger partial charge in [0.25, 0.3) is 0 Å². The van der Waals surface area contributed by atoms with Crippen LogP contribution in [0.15, 0.2) is 60.7 Å². The van der Waals surface area contributed by atoms with Crippen molar-refractivity contribution in [3.05, 3.63) is 71.8 Å². The molecule has 2 rings (SSSR count). The van der Waals surface area contributed by atoms with Gasteiger partial charge < -0.3 is 7.96 Å². The molecule has 0 unspecified atom stereocenters. The van der Waals surface area contributed by atoms with E-state index in [2.05, 4.69) is 0 Å². The van der Waals surface area contributed by atoms with Gasteiger partial charge in [-0.3, -0.25) is 4.79 Å². The third-order valence-electron chi connectivity index (χ3n) is 2.51. The summed E-state index contributed by atoms with van der Waals surface area (Å²) in [6.07, 6.45) is 0. The van der Waals surface area contributed by atoms with Crippen molar-refractivity contribution in [1.82, 2.24) is 0 Å². The van der Waals surface area contributed by atoms with Crippen molar-refractivity contribution < 1.29 is 12.8 Å². The van der Waals surface area contributed by atoms with Crippen LogP contribution < -0.4 is 0 Å². The summed E-state index contributed by atoms with van der Waals surface area (Å²) in [5.41, 5.74) is 1.61. The van der Waals surface area contributed by atoms with Crippen LogP contribution in [0.2, 0.25) is 0 Å². The summed E-state index contributed by atoms with van der Waals surface area (Å²) in [6.45, 7) is 0. The normalized spacial score (nSPS) is 9.71. The minimum Gasteiger partial charge on any atom is -1.00 e. The first-order valence-corrected chi connectivity index (χ1v) is 5.12. The predicted molar refractivity (Wildman–Crippen MR) is 70.3 cm³/mol. The van der Waals surface area contributed by atoms with Crippen molar-refractivity contribution >= 4 is 29.0 Å². The van der Waals surface area contributed by atoms with Gasteiger partial charge in [0.05, 0.1) is 0 Å². The zero-order valence-electron chi connectivity index (χ0n) is 11.4. The van der Waals surface area contributed by atoms with E-state index in [0.29, 0.717) is 0 Å². The summed E-state index contributed by atoms with van der Waals surface area (Å²) in [5.74, 6) is -1.40. The van der Waals surface area contributed by atoms with Crippen molar-refractivity contribution in [2.24, 2.45) is 0 Å². The molecule has 0 bridgehead atoms. The van der Waals surface area contributed by atoms with Gasteiger partial charge in [0.2, 0.25) is 0 Å². The van der Waals surface area contributed by atoms with Gasteiger partial charge in [0.1, 0.15) is 5.92 Å². The number of carbonyl (C=O) groups is 1. The largest absolute Gasteiger partial charge is 2.00 e. The number of benzene rings is 2. The number of aliphatic carboxylic acids is 1. The third kappa shape index (κ3) is 3.31. The average Bonchev–Trinajstić information content (AvgIpc) is 2.31. The molecule has 2 nitrogen and oxygen atoms in total. The Morgan fingerprint density at radius 3 is 1.53 bits per heavy atom. The molecule has 2 aromatic rings. The van der Waals surface area contributed by atoms with Crippen LogP contribution in [0.3, 0.4) is 0 Å². The van der Waals surface area contributed by atoms with Gasteiger partial charge in [0.15, 0.2) is 0 Å². The minimum atomic E-state index is -0.822. The number of carboxylic acids is 1. The fourth-order valence-corrected chi connectivity index (χ4v) is 1.77. The van der Waals surface area contributed by atoms with E-state index in [1.165, 1.54) is 0 Å². The van der Waals surface area contributed by atoms with E-state index in [1.54, 1.807) is 0 Å². The first-order valence-electron chi connectivity index (χ1n) is 5.12. The Balaban J connectivity index is 0. The molecule has 0 saturated carbocycles. The molecular formula is C14H14MgO2. The van der Waals surface area contributed by atoms with Gasteiger partial charge >= 0.3 is 29.0 Å².